The molecule has 4 heteroatoms. The summed E-state index contributed by atoms with van der Waals surface area (Å²) in [7, 11) is 0. The maximum Gasteiger partial charge on any atom is 0.261 e. The summed E-state index contributed by atoms with van der Waals surface area (Å²) in [5.74, 6) is 0.515. The second kappa shape index (κ2) is 7.17. The van der Waals surface area contributed by atoms with E-state index >= 15 is 0 Å². The second-order valence-corrected chi connectivity index (χ2v) is 3.73. The molecule has 0 unspecified atom stereocenters. The number of amides is 1. The average Bonchev–Trinajstić information content (AvgIpc) is 2.37. The minimum Gasteiger partial charge on any atom is -0.484 e. The van der Waals surface area contributed by atoms with Crippen LogP contribution in [0.2, 0.25) is 0 Å². The summed E-state index contributed by atoms with van der Waals surface area (Å²) in [6.45, 7) is 8.18. The number of benzene rings is 1. The highest BCUT2D eigenvalue weighted by Crippen LogP contribution is 2.13. The molecule has 0 aliphatic carbocycles. The Kier molecular flexibility index (Phi) is 5.51. The predicted molar refractivity (Wildman–Crippen MR) is 73.3 cm³/mol. The monoisotopic (exact) mass is 246 g/mol. The molecule has 96 valence electrons. The first kappa shape index (κ1) is 13.8. The quantitative estimate of drug-likeness (QED) is 0.590. The van der Waals surface area contributed by atoms with Crippen molar-refractivity contribution in [3.05, 3.63) is 49.6 Å². The first-order chi connectivity index (χ1) is 8.67. The van der Waals surface area contributed by atoms with Gasteiger partial charge in [0.15, 0.2) is 6.61 Å². The number of rotatable bonds is 7. The van der Waals surface area contributed by atoms with Gasteiger partial charge in [-0.05, 0) is 24.3 Å². The van der Waals surface area contributed by atoms with Gasteiger partial charge in [0.2, 0.25) is 0 Å². The molecule has 0 saturated carbocycles. The fourth-order valence-corrected chi connectivity index (χ4v) is 1.39. The van der Waals surface area contributed by atoms with Crippen LogP contribution in [0.4, 0.5) is 5.69 Å². The van der Waals surface area contributed by atoms with E-state index in [2.05, 4.69) is 13.2 Å². The van der Waals surface area contributed by atoms with Crippen molar-refractivity contribution in [3.63, 3.8) is 0 Å². The number of hydrogen-bond acceptors (Lipinski definition) is 3. The van der Waals surface area contributed by atoms with Crippen LogP contribution in [0.1, 0.15) is 0 Å². The SMILES string of the molecule is C=CCN(CC=C)C(=O)COc1ccc(N)cc1. The van der Waals surface area contributed by atoms with Gasteiger partial charge < -0.3 is 15.4 Å². The van der Waals surface area contributed by atoms with Gasteiger partial charge >= 0.3 is 0 Å². The zero-order valence-corrected chi connectivity index (χ0v) is 10.3. The topological polar surface area (TPSA) is 55.6 Å². The number of carbonyl (C=O) groups is 1. The fraction of sp³-hybridized carbons (Fsp3) is 0.214. The minimum atomic E-state index is -0.105. The van der Waals surface area contributed by atoms with Gasteiger partial charge in [0.05, 0.1) is 0 Å². The summed E-state index contributed by atoms with van der Waals surface area (Å²) in [6, 6.07) is 6.91. The Morgan fingerprint density at radius 1 is 1.22 bits per heavy atom. The Hall–Kier alpha value is -2.23. The molecule has 1 amide bonds. The smallest absolute Gasteiger partial charge is 0.261 e. The summed E-state index contributed by atoms with van der Waals surface area (Å²) in [5.41, 5.74) is 6.22. The van der Waals surface area contributed by atoms with Crippen LogP contribution in [0.25, 0.3) is 0 Å². The van der Waals surface area contributed by atoms with Crippen molar-refractivity contribution in [2.75, 3.05) is 25.4 Å². The maximum atomic E-state index is 11.8. The molecule has 0 heterocycles. The van der Waals surface area contributed by atoms with Gasteiger partial charge in [-0.25, -0.2) is 0 Å². The molecule has 0 atom stereocenters. The van der Waals surface area contributed by atoms with Crippen LogP contribution in [0.15, 0.2) is 49.6 Å². The molecule has 0 saturated heterocycles. The number of carbonyl (C=O) groups excluding carboxylic acids is 1. The largest absolute Gasteiger partial charge is 0.484 e. The molecular weight excluding hydrogens is 228 g/mol. The normalized spacial score (nSPS) is 9.56. The van der Waals surface area contributed by atoms with Crippen molar-refractivity contribution in [1.82, 2.24) is 4.90 Å². The van der Waals surface area contributed by atoms with E-state index in [9.17, 15) is 4.79 Å². The molecule has 0 aromatic heterocycles. The van der Waals surface area contributed by atoms with Crippen LogP contribution < -0.4 is 10.5 Å². The van der Waals surface area contributed by atoms with Gasteiger partial charge in [-0.3, -0.25) is 4.79 Å². The molecule has 0 fully saturated rings. The lowest BCUT2D eigenvalue weighted by molar-refractivity contribution is -0.132. The van der Waals surface area contributed by atoms with Crippen LogP contribution in [0.5, 0.6) is 5.75 Å². The molecule has 0 radical (unpaired) electrons. The van der Waals surface area contributed by atoms with Gasteiger partial charge in [-0.2, -0.15) is 0 Å². The highest BCUT2D eigenvalue weighted by molar-refractivity contribution is 5.78. The molecule has 1 aromatic rings. The lowest BCUT2D eigenvalue weighted by Gasteiger charge is -2.19. The van der Waals surface area contributed by atoms with Crippen LogP contribution >= 0.6 is 0 Å². The number of nitrogens with zero attached hydrogens (tertiary/aromatic N) is 1. The van der Waals surface area contributed by atoms with Crippen molar-refractivity contribution >= 4 is 11.6 Å². The van der Waals surface area contributed by atoms with E-state index < -0.39 is 0 Å². The average molecular weight is 246 g/mol. The van der Waals surface area contributed by atoms with E-state index in [4.69, 9.17) is 10.5 Å². The van der Waals surface area contributed by atoms with Gasteiger partial charge in [-0.1, -0.05) is 12.2 Å². The molecule has 1 aromatic carbocycles. The maximum absolute atomic E-state index is 11.8. The molecular formula is C14H18N2O2. The van der Waals surface area contributed by atoms with Gasteiger partial charge in [0.1, 0.15) is 5.75 Å². The van der Waals surface area contributed by atoms with Crippen LogP contribution in [0, 0.1) is 0 Å². The van der Waals surface area contributed by atoms with E-state index in [1.54, 1.807) is 41.3 Å². The lowest BCUT2D eigenvalue weighted by Crippen LogP contribution is -2.35. The van der Waals surface area contributed by atoms with Crippen molar-refractivity contribution in [3.8, 4) is 5.75 Å². The number of nitrogen functional groups attached to an aromatic ring is 1. The molecule has 1 rings (SSSR count). The van der Waals surface area contributed by atoms with Gasteiger partial charge in [-0.15, -0.1) is 13.2 Å². The molecule has 0 spiro atoms. The Morgan fingerprint density at radius 2 is 1.78 bits per heavy atom. The van der Waals surface area contributed by atoms with Crippen molar-refractivity contribution < 1.29 is 9.53 Å². The first-order valence-corrected chi connectivity index (χ1v) is 5.65. The summed E-state index contributed by atoms with van der Waals surface area (Å²) >= 11 is 0. The summed E-state index contributed by atoms with van der Waals surface area (Å²) in [6.07, 6.45) is 3.34. The van der Waals surface area contributed by atoms with Crippen molar-refractivity contribution in [2.24, 2.45) is 0 Å². The van der Waals surface area contributed by atoms with Crippen LogP contribution in [-0.4, -0.2) is 30.5 Å². The fourth-order valence-electron chi connectivity index (χ4n) is 1.39. The van der Waals surface area contributed by atoms with Crippen molar-refractivity contribution in [1.29, 1.82) is 0 Å². The molecule has 0 aliphatic rings. The minimum absolute atomic E-state index is 0.00834. The summed E-state index contributed by atoms with van der Waals surface area (Å²) in [5, 5.41) is 0. The Labute approximate surface area is 107 Å². The Morgan fingerprint density at radius 3 is 2.28 bits per heavy atom. The van der Waals surface area contributed by atoms with Gasteiger partial charge in [0, 0.05) is 18.8 Å². The highest BCUT2D eigenvalue weighted by Gasteiger charge is 2.11. The highest BCUT2D eigenvalue weighted by atomic mass is 16.5. The van der Waals surface area contributed by atoms with E-state index in [0.717, 1.165) is 0 Å². The zero-order valence-electron chi connectivity index (χ0n) is 10.3. The molecule has 4 nitrogen and oxygen atoms in total. The Balaban J connectivity index is 2.50. The zero-order chi connectivity index (χ0) is 13.4. The van der Waals surface area contributed by atoms with Crippen LogP contribution in [-0.2, 0) is 4.79 Å². The number of anilines is 1. The van der Waals surface area contributed by atoms with Crippen LogP contribution in [0.3, 0.4) is 0 Å². The third-order valence-electron chi connectivity index (χ3n) is 2.29. The van der Waals surface area contributed by atoms with E-state index in [1.165, 1.54) is 0 Å². The number of hydrogen-bond donors (Lipinski definition) is 1. The molecule has 0 bridgehead atoms. The second-order valence-electron chi connectivity index (χ2n) is 3.73. The van der Waals surface area contributed by atoms with E-state index in [0.29, 0.717) is 24.5 Å². The van der Waals surface area contributed by atoms with E-state index in [1.807, 2.05) is 0 Å². The van der Waals surface area contributed by atoms with E-state index in [-0.39, 0.29) is 12.5 Å². The summed E-state index contributed by atoms with van der Waals surface area (Å²) < 4.78 is 5.38. The lowest BCUT2D eigenvalue weighted by atomic mass is 10.3. The molecule has 2 N–H and O–H groups in total. The standard InChI is InChI=1S/C14H18N2O2/c1-3-9-16(10-4-2)14(17)11-18-13-7-5-12(15)6-8-13/h3-8H,1-2,9-11,15H2. The third kappa shape index (κ3) is 4.33. The third-order valence-corrected chi connectivity index (χ3v) is 2.29. The molecule has 18 heavy (non-hydrogen) atoms. The number of ether oxygens (including phenoxy) is 1. The van der Waals surface area contributed by atoms with Gasteiger partial charge in [0.25, 0.3) is 5.91 Å². The van der Waals surface area contributed by atoms with Crippen molar-refractivity contribution in [2.45, 2.75) is 0 Å². The Bertz CT molecular complexity index is 402. The summed E-state index contributed by atoms with van der Waals surface area (Å²) in [4.78, 5) is 13.5. The number of nitrogens with two attached hydrogens (primary N) is 1. The first-order valence-electron chi connectivity index (χ1n) is 5.65. The molecule has 0 aliphatic heterocycles. The predicted octanol–water partition coefficient (Wildman–Crippen LogP) is 1.85.